The van der Waals surface area contributed by atoms with Gasteiger partial charge in [-0.25, -0.2) is 4.79 Å². The van der Waals surface area contributed by atoms with E-state index in [9.17, 15) is 4.79 Å². The Balaban J connectivity index is 1.91. The van der Waals surface area contributed by atoms with E-state index < -0.39 is 0 Å². The highest BCUT2D eigenvalue weighted by Crippen LogP contribution is 2.21. The van der Waals surface area contributed by atoms with Crippen molar-refractivity contribution in [1.82, 2.24) is 0 Å². The lowest BCUT2D eigenvalue weighted by Crippen LogP contribution is -2.83. The molecular formula is C20H22NO2+. The van der Waals surface area contributed by atoms with Gasteiger partial charge in [0.2, 0.25) is 0 Å². The molecule has 1 atom stereocenters. The zero-order chi connectivity index (χ0) is 16.4. The zero-order valence-electron chi connectivity index (χ0n) is 13.8. The van der Waals surface area contributed by atoms with Crippen molar-refractivity contribution >= 4 is 11.0 Å². The maximum atomic E-state index is 11.8. The first kappa shape index (κ1) is 15.5. The Labute approximate surface area is 136 Å². The Morgan fingerprint density at radius 1 is 1.04 bits per heavy atom. The quantitative estimate of drug-likeness (QED) is 0.752. The first-order chi connectivity index (χ1) is 11.0. The number of quaternary nitrogens is 1. The monoisotopic (exact) mass is 308 g/mol. The van der Waals surface area contributed by atoms with Crippen LogP contribution in [0.2, 0.25) is 0 Å². The average molecular weight is 308 g/mol. The molecule has 0 radical (unpaired) electrons. The Morgan fingerprint density at radius 2 is 1.74 bits per heavy atom. The summed E-state index contributed by atoms with van der Waals surface area (Å²) in [5, 5.41) is 3.28. The van der Waals surface area contributed by atoms with Crippen LogP contribution < -0.4 is 10.9 Å². The Kier molecular flexibility index (Phi) is 4.30. The van der Waals surface area contributed by atoms with Crippen molar-refractivity contribution < 1.29 is 9.73 Å². The van der Waals surface area contributed by atoms with Gasteiger partial charge in [-0.15, -0.1) is 0 Å². The van der Waals surface area contributed by atoms with E-state index in [1.807, 2.05) is 19.1 Å². The highest BCUT2D eigenvalue weighted by atomic mass is 16.4. The number of nitrogens with two attached hydrogens (primary N) is 1. The fourth-order valence-electron chi connectivity index (χ4n) is 2.85. The van der Waals surface area contributed by atoms with Crippen molar-refractivity contribution in [3.05, 3.63) is 81.2 Å². The van der Waals surface area contributed by atoms with E-state index in [4.69, 9.17) is 4.42 Å². The van der Waals surface area contributed by atoms with Gasteiger partial charge in [0.1, 0.15) is 18.2 Å². The second kappa shape index (κ2) is 6.39. The highest BCUT2D eigenvalue weighted by molar-refractivity contribution is 5.81. The topological polar surface area (TPSA) is 46.8 Å². The lowest BCUT2D eigenvalue weighted by Gasteiger charge is -2.12. The molecule has 118 valence electrons. The van der Waals surface area contributed by atoms with E-state index in [0.29, 0.717) is 11.6 Å². The standard InChI is InChI=1S/C20H21NO2/c1-13-9-18-17(11-20(22)23-19(18)10-14(13)2)12-21-15(3)16-7-5-4-6-8-16/h4-11,15,21H,12H2,1-3H3/p+1/t15-/m0/s1. The summed E-state index contributed by atoms with van der Waals surface area (Å²) >= 11 is 0. The fourth-order valence-corrected chi connectivity index (χ4v) is 2.85. The third-order valence-corrected chi connectivity index (χ3v) is 4.46. The van der Waals surface area contributed by atoms with Crippen molar-refractivity contribution in [1.29, 1.82) is 0 Å². The van der Waals surface area contributed by atoms with Crippen LogP contribution in [0.15, 0.2) is 57.7 Å². The van der Waals surface area contributed by atoms with Gasteiger partial charge in [-0.3, -0.25) is 0 Å². The van der Waals surface area contributed by atoms with Crippen LogP contribution in [-0.2, 0) is 6.54 Å². The Morgan fingerprint density at radius 3 is 2.48 bits per heavy atom. The normalized spacial score (nSPS) is 12.5. The van der Waals surface area contributed by atoms with Gasteiger partial charge in [0.05, 0.1) is 0 Å². The molecule has 2 aromatic carbocycles. The summed E-state index contributed by atoms with van der Waals surface area (Å²) in [6.07, 6.45) is 0. The summed E-state index contributed by atoms with van der Waals surface area (Å²) < 4.78 is 5.36. The maximum Gasteiger partial charge on any atom is 0.336 e. The average Bonchev–Trinajstić information content (AvgIpc) is 2.55. The lowest BCUT2D eigenvalue weighted by molar-refractivity contribution is -0.707. The van der Waals surface area contributed by atoms with E-state index in [2.05, 4.69) is 49.5 Å². The van der Waals surface area contributed by atoms with E-state index in [0.717, 1.165) is 23.1 Å². The number of fused-ring (bicyclic) bond motifs is 1. The molecule has 3 nitrogen and oxygen atoms in total. The van der Waals surface area contributed by atoms with Crippen molar-refractivity contribution in [2.45, 2.75) is 33.4 Å². The first-order valence-electron chi connectivity index (χ1n) is 7.97. The van der Waals surface area contributed by atoms with Crippen LogP contribution in [0.25, 0.3) is 11.0 Å². The predicted molar refractivity (Wildman–Crippen MR) is 92.4 cm³/mol. The highest BCUT2D eigenvalue weighted by Gasteiger charge is 2.12. The van der Waals surface area contributed by atoms with Gasteiger partial charge >= 0.3 is 5.63 Å². The Hall–Kier alpha value is -2.39. The minimum atomic E-state index is -0.281. The number of hydrogen-bond donors (Lipinski definition) is 1. The van der Waals surface area contributed by atoms with Crippen LogP contribution in [0, 0.1) is 13.8 Å². The second-order valence-corrected chi connectivity index (χ2v) is 6.16. The maximum absolute atomic E-state index is 11.8. The molecule has 0 amide bonds. The van der Waals surface area contributed by atoms with Crippen LogP contribution in [0.5, 0.6) is 0 Å². The molecule has 1 heterocycles. The van der Waals surface area contributed by atoms with Gasteiger partial charge in [-0.2, -0.15) is 0 Å². The SMILES string of the molecule is Cc1cc2oc(=O)cc(C[NH2+][C@@H](C)c3ccccc3)c2cc1C. The van der Waals surface area contributed by atoms with Gasteiger partial charge in [0.15, 0.2) is 0 Å². The summed E-state index contributed by atoms with van der Waals surface area (Å²) in [5.74, 6) is 0. The van der Waals surface area contributed by atoms with Gasteiger partial charge in [0.25, 0.3) is 0 Å². The predicted octanol–water partition coefficient (Wildman–Crippen LogP) is 3.23. The summed E-state index contributed by atoms with van der Waals surface area (Å²) in [7, 11) is 0. The summed E-state index contributed by atoms with van der Waals surface area (Å²) in [4.78, 5) is 11.8. The summed E-state index contributed by atoms with van der Waals surface area (Å²) in [6.45, 7) is 7.05. The number of hydrogen-bond acceptors (Lipinski definition) is 2. The molecule has 0 saturated carbocycles. The molecule has 1 aromatic heterocycles. The number of aryl methyl sites for hydroxylation is 2. The van der Waals surface area contributed by atoms with Crippen LogP contribution in [-0.4, -0.2) is 0 Å². The fraction of sp³-hybridized carbons (Fsp3) is 0.250. The van der Waals surface area contributed by atoms with Gasteiger partial charge in [0, 0.05) is 22.6 Å². The molecule has 23 heavy (non-hydrogen) atoms. The van der Waals surface area contributed by atoms with Crippen molar-refractivity contribution in [3.63, 3.8) is 0 Å². The summed E-state index contributed by atoms with van der Waals surface area (Å²) in [5.41, 5.74) is 5.06. The third kappa shape index (κ3) is 3.35. The minimum Gasteiger partial charge on any atom is -0.423 e. The van der Waals surface area contributed by atoms with Gasteiger partial charge in [-0.1, -0.05) is 30.3 Å². The van der Waals surface area contributed by atoms with E-state index in [-0.39, 0.29) is 5.63 Å². The molecule has 0 aliphatic heterocycles. The van der Waals surface area contributed by atoms with Gasteiger partial charge < -0.3 is 9.73 Å². The van der Waals surface area contributed by atoms with E-state index in [1.165, 1.54) is 11.1 Å². The molecule has 0 saturated heterocycles. The molecule has 0 spiro atoms. The number of rotatable bonds is 4. The second-order valence-electron chi connectivity index (χ2n) is 6.16. The first-order valence-corrected chi connectivity index (χ1v) is 7.97. The molecule has 0 fully saturated rings. The molecule has 0 aliphatic rings. The number of benzene rings is 2. The zero-order valence-corrected chi connectivity index (χ0v) is 13.8. The van der Waals surface area contributed by atoms with Crippen molar-refractivity contribution in [2.75, 3.05) is 0 Å². The van der Waals surface area contributed by atoms with E-state index >= 15 is 0 Å². The molecular weight excluding hydrogens is 286 g/mol. The van der Waals surface area contributed by atoms with Crippen LogP contribution in [0.3, 0.4) is 0 Å². The molecule has 0 unspecified atom stereocenters. The van der Waals surface area contributed by atoms with Gasteiger partial charge in [-0.05, 0) is 44.0 Å². The largest absolute Gasteiger partial charge is 0.423 e. The van der Waals surface area contributed by atoms with Crippen LogP contribution in [0.1, 0.15) is 35.2 Å². The third-order valence-electron chi connectivity index (χ3n) is 4.46. The minimum absolute atomic E-state index is 0.281. The smallest absolute Gasteiger partial charge is 0.336 e. The summed E-state index contributed by atoms with van der Waals surface area (Å²) in [6, 6.07) is 16.4. The lowest BCUT2D eigenvalue weighted by atomic mass is 10.0. The molecule has 3 heteroatoms. The molecule has 0 aliphatic carbocycles. The Bertz CT molecular complexity index is 881. The molecule has 0 bridgehead atoms. The molecule has 3 aromatic rings. The van der Waals surface area contributed by atoms with Crippen molar-refractivity contribution in [3.8, 4) is 0 Å². The van der Waals surface area contributed by atoms with Crippen molar-refractivity contribution in [2.24, 2.45) is 0 Å². The molecule has 2 N–H and O–H groups in total. The van der Waals surface area contributed by atoms with Crippen LogP contribution >= 0.6 is 0 Å². The van der Waals surface area contributed by atoms with E-state index in [1.54, 1.807) is 6.07 Å². The van der Waals surface area contributed by atoms with Crippen LogP contribution in [0.4, 0.5) is 0 Å². The molecule has 3 rings (SSSR count).